The number of sulfone groups is 1. The van der Waals surface area contributed by atoms with E-state index < -0.39 is 9.84 Å². The lowest BCUT2D eigenvalue weighted by atomic mass is 9.86. The van der Waals surface area contributed by atoms with Gasteiger partial charge in [0.2, 0.25) is 0 Å². The zero-order chi connectivity index (χ0) is 14.8. The van der Waals surface area contributed by atoms with Gasteiger partial charge in [-0.05, 0) is 56.0 Å². The molecule has 20 heavy (non-hydrogen) atoms. The molecule has 2 unspecified atom stereocenters. The molecule has 1 aliphatic heterocycles. The first-order valence-corrected chi connectivity index (χ1v) is 8.90. The van der Waals surface area contributed by atoms with Gasteiger partial charge in [-0.25, -0.2) is 12.8 Å². The third kappa shape index (κ3) is 3.93. The first-order valence-electron chi connectivity index (χ1n) is 6.70. The molecule has 2 atom stereocenters. The second-order valence-electron chi connectivity index (χ2n) is 5.42. The van der Waals surface area contributed by atoms with Crippen LogP contribution in [0.15, 0.2) is 18.2 Å². The van der Waals surface area contributed by atoms with Crippen LogP contribution in [-0.2, 0) is 16.3 Å². The molecule has 0 aliphatic carbocycles. The average molecular weight is 320 g/mol. The van der Waals surface area contributed by atoms with Crippen LogP contribution in [0.25, 0.3) is 0 Å². The summed E-state index contributed by atoms with van der Waals surface area (Å²) in [5, 5.41) is 3.45. The van der Waals surface area contributed by atoms with Crippen LogP contribution in [-0.4, -0.2) is 33.5 Å². The van der Waals surface area contributed by atoms with Crippen LogP contribution in [0.5, 0.6) is 0 Å². The Balaban J connectivity index is 2.13. The SMILES string of the molecule is CNCC(Cc1ccc(Cl)cc1F)C1CCS(=O)(=O)C1. The van der Waals surface area contributed by atoms with E-state index in [-0.39, 0.29) is 29.2 Å². The molecule has 1 fully saturated rings. The van der Waals surface area contributed by atoms with E-state index in [2.05, 4.69) is 5.32 Å². The Morgan fingerprint density at radius 3 is 2.80 bits per heavy atom. The zero-order valence-electron chi connectivity index (χ0n) is 11.4. The molecule has 1 aromatic rings. The van der Waals surface area contributed by atoms with E-state index in [0.29, 0.717) is 30.0 Å². The molecule has 112 valence electrons. The summed E-state index contributed by atoms with van der Waals surface area (Å²) in [6, 6.07) is 4.66. The van der Waals surface area contributed by atoms with Gasteiger partial charge < -0.3 is 5.32 Å². The standard InChI is InChI=1S/C14H19ClFNO2S/c1-17-8-12(11-4-5-20(18,19)9-11)6-10-2-3-13(15)7-14(10)16/h2-3,7,11-12,17H,4-6,8-9H2,1H3. The smallest absolute Gasteiger partial charge is 0.150 e. The second kappa shape index (κ2) is 6.41. The first-order chi connectivity index (χ1) is 9.41. The number of rotatable bonds is 5. The van der Waals surface area contributed by atoms with Crippen molar-refractivity contribution in [3.63, 3.8) is 0 Å². The molecule has 1 heterocycles. The highest BCUT2D eigenvalue weighted by atomic mass is 35.5. The topological polar surface area (TPSA) is 46.2 Å². The fourth-order valence-electron chi connectivity index (χ4n) is 2.83. The summed E-state index contributed by atoms with van der Waals surface area (Å²) in [6.07, 6.45) is 1.20. The van der Waals surface area contributed by atoms with Crippen molar-refractivity contribution < 1.29 is 12.8 Å². The number of hydrogen-bond acceptors (Lipinski definition) is 3. The number of hydrogen-bond donors (Lipinski definition) is 1. The van der Waals surface area contributed by atoms with Crippen LogP contribution in [0.1, 0.15) is 12.0 Å². The summed E-state index contributed by atoms with van der Waals surface area (Å²) in [5.41, 5.74) is 0.596. The Labute approximate surface area is 124 Å². The fourth-order valence-corrected chi connectivity index (χ4v) is 4.91. The van der Waals surface area contributed by atoms with Crippen LogP contribution in [0.2, 0.25) is 5.02 Å². The van der Waals surface area contributed by atoms with E-state index in [1.165, 1.54) is 6.07 Å². The van der Waals surface area contributed by atoms with Crippen LogP contribution in [0, 0.1) is 17.7 Å². The molecule has 0 aromatic heterocycles. The second-order valence-corrected chi connectivity index (χ2v) is 8.09. The highest BCUT2D eigenvalue weighted by molar-refractivity contribution is 7.91. The summed E-state index contributed by atoms with van der Waals surface area (Å²) < 4.78 is 37.1. The van der Waals surface area contributed by atoms with E-state index in [0.717, 1.165) is 0 Å². The van der Waals surface area contributed by atoms with Crippen LogP contribution in [0.3, 0.4) is 0 Å². The fraction of sp³-hybridized carbons (Fsp3) is 0.571. The number of halogens is 2. The Kier molecular flexibility index (Phi) is 5.04. The first kappa shape index (κ1) is 15.7. The lowest BCUT2D eigenvalue weighted by Crippen LogP contribution is -2.29. The Hall–Kier alpha value is -0.650. The van der Waals surface area contributed by atoms with Gasteiger partial charge >= 0.3 is 0 Å². The highest BCUT2D eigenvalue weighted by Gasteiger charge is 2.33. The van der Waals surface area contributed by atoms with E-state index >= 15 is 0 Å². The van der Waals surface area contributed by atoms with E-state index in [1.807, 2.05) is 7.05 Å². The quantitative estimate of drug-likeness (QED) is 0.906. The molecule has 1 N–H and O–H groups in total. The Bertz CT molecular complexity index is 577. The lowest BCUT2D eigenvalue weighted by molar-refractivity contribution is 0.348. The zero-order valence-corrected chi connectivity index (χ0v) is 13.0. The Morgan fingerprint density at radius 2 is 2.25 bits per heavy atom. The molecule has 0 amide bonds. The van der Waals surface area contributed by atoms with E-state index in [1.54, 1.807) is 12.1 Å². The summed E-state index contributed by atoms with van der Waals surface area (Å²) in [5.74, 6) is 0.366. The van der Waals surface area contributed by atoms with Gasteiger partial charge in [-0.15, -0.1) is 0 Å². The maximum Gasteiger partial charge on any atom is 0.150 e. The molecule has 0 saturated carbocycles. The summed E-state index contributed by atoms with van der Waals surface area (Å²) in [7, 11) is -1.08. The minimum Gasteiger partial charge on any atom is -0.319 e. The van der Waals surface area contributed by atoms with Gasteiger partial charge in [-0.2, -0.15) is 0 Å². The number of nitrogens with one attached hydrogen (secondary N) is 1. The molecule has 0 bridgehead atoms. The maximum absolute atomic E-state index is 13.9. The van der Waals surface area contributed by atoms with Gasteiger partial charge in [0.15, 0.2) is 9.84 Å². The maximum atomic E-state index is 13.9. The predicted molar refractivity (Wildman–Crippen MR) is 79.3 cm³/mol. The number of benzene rings is 1. The minimum absolute atomic E-state index is 0.0996. The average Bonchev–Trinajstić information content (AvgIpc) is 2.72. The van der Waals surface area contributed by atoms with Gasteiger partial charge in [0, 0.05) is 5.02 Å². The predicted octanol–water partition coefficient (Wildman–Crippen LogP) is 2.29. The van der Waals surface area contributed by atoms with Crippen molar-refractivity contribution in [1.29, 1.82) is 0 Å². The molecule has 1 aromatic carbocycles. The molecule has 1 saturated heterocycles. The van der Waals surface area contributed by atoms with Crippen molar-refractivity contribution in [3.8, 4) is 0 Å². The molecule has 0 radical (unpaired) electrons. The van der Waals surface area contributed by atoms with Gasteiger partial charge in [0.05, 0.1) is 11.5 Å². The van der Waals surface area contributed by atoms with Crippen molar-refractivity contribution in [2.45, 2.75) is 12.8 Å². The molecule has 1 aliphatic rings. The highest BCUT2D eigenvalue weighted by Crippen LogP contribution is 2.29. The normalized spacial score (nSPS) is 22.9. The van der Waals surface area contributed by atoms with Gasteiger partial charge in [0.25, 0.3) is 0 Å². The van der Waals surface area contributed by atoms with Crippen LogP contribution >= 0.6 is 11.6 Å². The summed E-state index contributed by atoms with van der Waals surface area (Å²) in [4.78, 5) is 0. The van der Waals surface area contributed by atoms with Crippen molar-refractivity contribution >= 4 is 21.4 Å². The van der Waals surface area contributed by atoms with Gasteiger partial charge in [0.1, 0.15) is 5.82 Å². The minimum atomic E-state index is -2.91. The molecular formula is C14H19ClFNO2S. The largest absolute Gasteiger partial charge is 0.319 e. The van der Waals surface area contributed by atoms with Gasteiger partial charge in [-0.1, -0.05) is 17.7 Å². The third-order valence-corrected chi connectivity index (χ3v) is 5.93. The molecule has 0 spiro atoms. The van der Waals surface area contributed by atoms with Gasteiger partial charge in [-0.3, -0.25) is 0 Å². The molecule has 6 heteroatoms. The molecule has 3 nitrogen and oxygen atoms in total. The van der Waals surface area contributed by atoms with Crippen LogP contribution in [0.4, 0.5) is 4.39 Å². The van der Waals surface area contributed by atoms with Crippen molar-refractivity contribution in [3.05, 3.63) is 34.6 Å². The monoisotopic (exact) mass is 319 g/mol. The Morgan fingerprint density at radius 1 is 1.50 bits per heavy atom. The van der Waals surface area contributed by atoms with Crippen molar-refractivity contribution in [2.75, 3.05) is 25.1 Å². The summed E-state index contributed by atoms with van der Waals surface area (Å²) in [6.45, 7) is 0.683. The lowest BCUT2D eigenvalue weighted by Gasteiger charge is -2.22. The summed E-state index contributed by atoms with van der Waals surface area (Å²) >= 11 is 5.75. The van der Waals surface area contributed by atoms with Crippen molar-refractivity contribution in [2.24, 2.45) is 11.8 Å². The third-order valence-electron chi connectivity index (χ3n) is 3.90. The molecule has 2 rings (SSSR count). The van der Waals surface area contributed by atoms with Crippen LogP contribution < -0.4 is 5.32 Å². The van der Waals surface area contributed by atoms with Crippen molar-refractivity contribution in [1.82, 2.24) is 5.32 Å². The van der Waals surface area contributed by atoms with E-state index in [9.17, 15) is 12.8 Å². The molecular weight excluding hydrogens is 301 g/mol. The van der Waals surface area contributed by atoms with E-state index in [4.69, 9.17) is 11.6 Å².